The molecule has 0 radical (unpaired) electrons. The number of benzene rings is 1. The monoisotopic (exact) mass is 193 g/mol. The summed E-state index contributed by atoms with van der Waals surface area (Å²) in [5, 5.41) is 0. The van der Waals surface area contributed by atoms with Crippen molar-refractivity contribution in [2.24, 2.45) is 5.73 Å². The van der Waals surface area contributed by atoms with Gasteiger partial charge < -0.3 is 10.5 Å². The Bertz CT molecular complexity index is 293. The summed E-state index contributed by atoms with van der Waals surface area (Å²) in [5.41, 5.74) is 6.62. The van der Waals surface area contributed by atoms with Gasteiger partial charge in [-0.1, -0.05) is 12.1 Å². The lowest BCUT2D eigenvalue weighted by Crippen LogP contribution is -2.02. The minimum Gasteiger partial charge on any atom is -0.427 e. The molecule has 0 unspecified atom stereocenters. The van der Waals surface area contributed by atoms with Crippen LogP contribution in [0.4, 0.5) is 0 Å². The van der Waals surface area contributed by atoms with Gasteiger partial charge in [-0.25, -0.2) is 0 Å². The largest absolute Gasteiger partial charge is 0.427 e. The van der Waals surface area contributed by atoms with Gasteiger partial charge in [-0.15, -0.1) is 0 Å². The van der Waals surface area contributed by atoms with Gasteiger partial charge in [-0.2, -0.15) is 0 Å². The maximum Gasteiger partial charge on any atom is 0.308 e. The fourth-order valence-corrected chi connectivity index (χ4v) is 1.20. The Morgan fingerprint density at radius 2 is 2.00 bits per heavy atom. The van der Waals surface area contributed by atoms with Crippen LogP contribution < -0.4 is 10.5 Å². The van der Waals surface area contributed by atoms with E-state index in [4.69, 9.17) is 10.5 Å². The van der Waals surface area contributed by atoms with Crippen molar-refractivity contribution in [2.45, 2.75) is 19.8 Å². The minimum absolute atomic E-state index is 0.292. The Labute approximate surface area is 83.9 Å². The molecular formula is C11H15NO2. The summed E-state index contributed by atoms with van der Waals surface area (Å²) >= 11 is 0. The molecule has 0 aliphatic heterocycles. The van der Waals surface area contributed by atoms with Crippen LogP contribution >= 0.6 is 0 Å². The first-order valence-electron chi connectivity index (χ1n) is 4.70. The molecule has 3 nitrogen and oxygen atoms in total. The number of aryl methyl sites for hydroxylation is 1. The summed E-state index contributed by atoms with van der Waals surface area (Å²) in [7, 11) is 0. The molecule has 0 aromatic heterocycles. The van der Waals surface area contributed by atoms with Gasteiger partial charge in [-0.05, 0) is 37.1 Å². The van der Waals surface area contributed by atoms with E-state index in [1.54, 1.807) is 12.1 Å². The summed E-state index contributed by atoms with van der Waals surface area (Å²) in [6.45, 7) is 2.09. The topological polar surface area (TPSA) is 52.3 Å². The first kappa shape index (κ1) is 10.7. The maximum atomic E-state index is 10.6. The fraction of sp³-hybridized carbons (Fsp3) is 0.364. The molecule has 0 aliphatic carbocycles. The highest BCUT2D eigenvalue weighted by atomic mass is 16.5. The first-order chi connectivity index (χ1) is 6.72. The molecule has 0 bridgehead atoms. The zero-order valence-electron chi connectivity index (χ0n) is 8.32. The molecule has 3 heteroatoms. The third-order valence-electron chi connectivity index (χ3n) is 1.85. The second-order valence-electron chi connectivity index (χ2n) is 3.13. The first-order valence-corrected chi connectivity index (χ1v) is 4.70. The Morgan fingerprint density at radius 3 is 2.50 bits per heavy atom. The normalized spacial score (nSPS) is 9.86. The van der Waals surface area contributed by atoms with E-state index in [0.29, 0.717) is 12.3 Å². The Hall–Kier alpha value is -1.35. The molecule has 0 saturated carbocycles. The van der Waals surface area contributed by atoms with Crippen LogP contribution in [-0.2, 0) is 11.2 Å². The molecule has 0 atom stereocenters. The molecule has 14 heavy (non-hydrogen) atoms. The van der Waals surface area contributed by atoms with Crippen LogP contribution in [0.15, 0.2) is 24.3 Å². The second-order valence-corrected chi connectivity index (χ2v) is 3.13. The van der Waals surface area contributed by atoms with Crippen molar-refractivity contribution in [2.75, 3.05) is 6.54 Å². The van der Waals surface area contributed by atoms with Crippen LogP contribution in [0.2, 0.25) is 0 Å². The average Bonchev–Trinajstić information content (AvgIpc) is 2.16. The van der Waals surface area contributed by atoms with Gasteiger partial charge in [0, 0.05) is 6.92 Å². The van der Waals surface area contributed by atoms with Gasteiger partial charge in [0.05, 0.1) is 0 Å². The van der Waals surface area contributed by atoms with Crippen molar-refractivity contribution in [3.8, 4) is 5.75 Å². The van der Waals surface area contributed by atoms with Crippen LogP contribution in [0.3, 0.4) is 0 Å². The Morgan fingerprint density at radius 1 is 1.36 bits per heavy atom. The van der Waals surface area contributed by atoms with Crippen molar-refractivity contribution >= 4 is 5.97 Å². The molecule has 0 fully saturated rings. The van der Waals surface area contributed by atoms with E-state index < -0.39 is 0 Å². The number of rotatable bonds is 4. The highest BCUT2D eigenvalue weighted by molar-refractivity contribution is 5.69. The fourth-order valence-electron chi connectivity index (χ4n) is 1.20. The lowest BCUT2D eigenvalue weighted by Gasteiger charge is -2.02. The molecule has 0 saturated heterocycles. The molecule has 0 heterocycles. The third-order valence-corrected chi connectivity index (χ3v) is 1.85. The van der Waals surface area contributed by atoms with Gasteiger partial charge in [0.25, 0.3) is 0 Å². The molecule has 76 valence electrons. The summed E-state index contributed by atoms with van der Waals surface area (Å²) in [4.78, 5) is 10.6. The zero-order chi connectivity index (χ0) is 10.4. The van der Waals surface area contributed by atoms with Gasteiger partial charge in [0.2, 0.25) is 0 Å². The zero-order valence-corrected chi connectivity index (χ0v) is 8.32. The van der Waals surface area contributed by atoms with Crippen LogP contribution in [0.1, 0.15) is 18.9 Å². The summed E-state index contributed by atoms with van der Waals surface area (Å²) < 4.78 is 4.91. The molecular weight excluding hydrogens is 178 g/mol. The van der Waals surface area contributed by atoms with Gasteiger partial charge >= 0.3 is 5.97 Å². The SMILES string of the molecule is CC(=O)Oc1ccc(CCCN)cc1. The van der Waals surface area contributed by atoms with Crippen LogP contribution in [-0.4, -0.2) is 12.5 Å². The van der Waals surface area contributed by atoms with E-state index in [9.17, 15) is 4.79 Å². The van der Waals surface area contributed by atoms with Crippen molar-refractivity contribution in [3.63, 3.8) is 0 Å². The molecule has 0 amide bonds. The van der Waals surface area contributed by atoms with Gasteiger partial charge in [0.15, 0.2) is 0 Å². The predicted molar refractivity (Wildman–Crippen MR) is 55.1 cm³/mol. The van der Waals surface area contributed by atoms with Crippen molar-refractivity contribution < 1.29 is 9.53 Å². The minimum atomic E-state index is -0.292. The van der Waals surface area contributed by atoms with Crippen LogP contribution in [0, 0.1) is 0 Å². The average molecular weight is 193 g/mol. The van der Waals surface area contributed by atoms with Crippen LogP contribution in [0.5, 0.6) is 5.75 Å². The molecule has 0 aliphatic rings. The molecule has 1 aromatic carbocycles. The number of hydrogen-bond donors (Lipinski definition) is 1. The maximum absolute atomic E-state index is 10.6. The van der Waals surface area contributed by atoms with Crippen molar-refractivity contribution in [3.05, 3.63) is 29.8 Å². The van der Waals surface area contributed by atoms with E-state index in [2.05, 4.69) is 0 Å². The van der Waals surface area contributed by atoms with E-state index in [-0.39, 0.29) is 5.97 Å². The van der Waals surface area contributed by atoms with E-state index >= 15 is 0 Å². The van der Waals surface area contributed by atoms with E-state index in [1.807, 2.05) is 12.1 Å². The highest BCUT2D eigenvalue weighted by Gasteiger charge is 1.97. The summed E-state index contributed by atoms with van der Waals surface area (Å²) in [6.07, 6.45) is 1.95. The highest BCUT2D eigenvalue weighted by Crippen LogP contribution is 2.13. The Balaban J connectivity index is 2.54. The lowest BCUT2D eigenvalue weighted by molar-refractivity contribution is -0.131. The number of esters is 1. The lowest BCUT2D eigenvalue weighted by atomic mass is 10.1. The number of hydrogen-bond acceptors (Lipinski definition) is 3. The summed E-state index contributed by atoms with van der Waals surface area (Å²) in [5.74, 6) is 0.300. The smallest absolute Gasteiger partial charge is 0.308 e. The van der Waals surface area contributed by atoms with Crippen LogP contribution in [0.25, 0.3) is 0 Å². The van der Waals surface area contributed by atoms with Crippen molar-refractivity contribution in [1.82, 2.24) is 0 Å². The molecule has 1 rings (SSSR count). The van der Waals surface area contributed by atoms with E-state index in [0.717, 1.165) is 12.8 Å². The van der Waals surface area contributed by atoms with E-state index in [1.165, 1.54) is 12.5 Å². The molecule has 1 aromatic rings. The van der Waals surface area contributed by atoms with Gasteiger partial charge in [0.1, 0.15) is 5.75 Å². The molecule has 0 spiro atoms. The number of nitrogens with two attached hydrogens (primary N) is 1. The second kappa shape index (κ2) is 5.40. The Kier molecular flexibility index (Phi) is 4.13. The van der Waals surface area contributed by atoms with Gasteiger partial charge in [-0.3, -0.25) is 4.79 Å². The molecule has 2 N–H and O–H groups in total. The predicted octanol–water partition coefficient (Wildman–Crippen LogP) is 1.50. The number of carbonyl (C=O) groups excluding carboxylic acids is 1. The number of ether oxygens (including phenoxy) is 1. The third kappa shape index (κ3) is 3.58. The summed E-state index contributed by atoms with van der Waals surface area (Å²) in [6, 6.07) is 7.50. The standard InChI is InChI=1S/C11H15NO2/c1-9(13)14-11-6-4-10(5-7-11)3-2-8-12/h4-7H,2-3,8,12H2,1H3. The van der Waals surface area contributed by atoms with Crippen molar-refractivity contribution in [1.29, 1.82) is 0 Å². The number of carbonyl (C=O) groups is 1. The quantitative estimate of drug-likeness (QED) is 0.582.